The van der Waals surface area contributed by atoms with Crippen LogP contribution >= 0.6 is 7.82 Å². The highest BCUT2D eigenvalue weighted by Gasteiger charge is 2.26. The molecular formula is C45H91O9P. The van der Waals surface area contributed by atoms with Crippen LogP contribution in [0.2, 0.25) is 0 Å². The summed E-state index contributed by atoms with van der Waals surface area (Å²) in [6.07, 6.45) is 42.0. The van der Waals surface area contributed by atoms with E-state index in [1.165, 1.54) is 186 Å². The van der Waals surface area contributed by atoms with Crippen LogP contribution in [0.5, 0.6) is 0 Å². The maximum Gasteiger partial charge on any atom is 0.472 e. The van der Waals surface area contributed by atoms with E-state index >= 15 is 0 Å². The first-order valence-electron chi connectivity index (χ1n) is 23.5. The number of carbonyl (C=O) groups excluding carboxylic acids is 1. The van der Waals surface area contributed by atoms with Gasteiger partial charge in [-0.2, -0.15) is 0 Å². The van der Waals surface area contributed by atoms with Crippen LogP contribution in [0.15, 0.2) is 0 Å². The van der Waals surface area contributed by atoms with E-state index in [4.69, 9.17) is 23.6 Å². The number of aliphatic hydroxyl groups excluding tert-OH is 2. The summed E-state index contributed by atoms with van der Waals surface area (Å²) in [7, 11) is -4.51. The molecule has 0 rings (SSSR count). The fourth-order valence-electron chi connectivity index (χ4n) is 6.95. The molecule has 330 valence electrons. The molecule has 0 saturated heterocycles. The van der Waals surface area contributed by atoms with Gasteiger partial charge in [0.2, 0.25) is 0 Å². The van der Waals surface area contributed by atoms with Crippen molar-refractivity contribution in [1.29, 1.82) is 0 Å². The molecule has 3 atom stereocenters. The van der Waals surface area contributed by atoms with E-state index in [1.54, 1.807) is 0 Å². The molecule has 0 aliphatic carbocycles. The molecule has 0 amide bonds. The number of unbranched alkanes of at least 4 members (excludes halogenated alkanes) is 32. The number of rotatable bonds is 46. The number of phosphoric acid groups is 1. The van der Waals surface area contributed by atoms with Gasteiger partial charge in [-0.15, -0.1) is 0 Å². The fraction of sp³-hybridized carbons (Fsp3) is 0.978. The van der Waals surface area contributed by atoms with Crippen molar-refractivity contribution in [2.24, 2.45) is 0 Å². The Bertz CT molecular complexity index is 830. The first-order chi connectivity index (χ1) is 26.8. The van der Waals surface area contributed by atoms with Crippen molar-refractivity contribution in [2.75, 3.05) is 33.0 Å². The zero-order valence-electron chi connectivity index (χ0n) is 36.2. The normalized spacial score (nSPS) is 13.9. The minimum absolute atomic E-state index is 0.0582. The fourth-order valence-corrected chi connectivity index (χ4v) is 7.74. The van der Waals surface area contributed by atoms with E-state index in [2.05, 4.69) is 13.8 Å². The van der Waals surface area contributed by atoms with Crippen LogP contribution in [0.4, 0.5) is 0 Å². The maximum absolute atomic E-state index is 12.6. The van der Waals surface area contributed by atoms with E-state index in [0.29, 0.717) is 6.61 Å². The van der Waals surface area contributed by atoms with Gasteiger partial charge in [0.25, 0.3) is 0 Å². The first-order valence-corrected chi connectivity index (χ1v) is 25.0. The predicted molar refractivity (Wildman–Crippen MR) is 228 cm³/mol. The molecule has 0 aliphatic heterocycles. The van der Waals surface area contributed by atoms with Gasteiger partial charge in [-0.25, -0.2) is 4.57 Å². The molecule has 0 spiro atoms. The summed E-state index contributed by atoms with van der Waals surface area (Å²) < 4.78 is 33.4. The molecule has 0 saturated carbocycles. The summed E-state index contributed by atoms with van der Waals surface area (Å²) in [5.74, 6) is -0.375. The number of esters is 1. The minimum atomic E-state index is -4.51. The second-order valence-corrected chi connectivity index (χ2v) is 17.6. The molecule has 55 heavy (non-hydrogen) atoms. The van der Waals surface area contributed by atoms with Crippen LogP contribution in [0, 0.1) is 0 Å². The van der Waals surface area contributed by atoms with Gasteiger partial charge in [-0.05, 0) is 12.8 Å². The summed E-state index contributed by atoms with van der Waals surface area (Å²) in [4.78, 5) is 22.6. The molecule has 0 aromatic rings. The van der Waals surface area contributed by atoms with Gasteiger partial charge in [0.1, 0.15) is 12.2 Å². The van der Waals surface area contributed by atoms with Crippen molar-refractivity contribution in [3.63, 3.8) is 0 Å². The van der Waals surface area contributed by atoms with Gasteiger partial charge in [-0.1, -0.05) is 219 Å². The van der Waals surface area contributed by atoms with Gasteiger partial charge < -0.3 is 24.6 Å². The van der Waals surface area contributed by atoms with Crippen molar-refractivity contribution in [3.8, 4) is 0 Å². The second kappa shape index (κ2) is 43.0. The van der Waals surface area contributed by atoms with Crippen LogP contribution in [-0.4, -0.2) is 66.3 Å². The molecule has 0 aromatic carbocycles. The molecule has 0 aromatic heterocycles. The van der Waals surface area contributed by atoms with E-state index in [1.807, 2.05) is 0 Å². The van der Waals surface area contributed by atoms with Crippen LogP contribution in [0.25, 0.3) is 0 Å². The molecule has 10 heteroatoms. The highest BCUT2D eigenvalue weighted by molar-refractivity contribution is 7.47. The average molecular weight is 807 g/mol. The highest BCUT2D eigenvalue weighted by atomic mass is 31.2. The standard InChI is InChI=1S/C45H91O9P/c1-3-5-7-9-11-13-15-17-19-20-21-22-23-24-25-27-29-31-33-35-37-45(48)54-44(42-53-55(49,50)52-40-43(47)39-46)41-51-38-36-34-32-30-28-26-18-16-14-12-10-8-6-4-2/h43-44,46-47H,3-42H2,1-2H3,(H,49,50)/t43-,44+/m0/s1. The lowest BCUT2D eigenvalue weighted by Gasteiger charge is -2.20. The van der Waals surface area contributed by atoms with E-state index in [0.717, 1.165) is 32.1 Å². The Morgan fingerprint density at radius 2 is 0.818 bits per heavy atom. The Morgan fingerprint density at radius 1 is 0.491 bits per heavy atom. The lowest BCUT2D eigenvalue weighted by molar-refractivity contribution is -0.154. The molecular weight excluding hydrogens is 715 g/mol. The predicted octanol–water partition coefficient (Wildman–Crippen LogP) is 13.1. The van der Waals surface area contributed by atoms with Crippen LogP contribution in [0.3, 0.4) is 0 Å². The number of hydrogen-bond acceptors (Lipinski definition) is 8. The Hall–Kier alpha value is -0.540. The Kier molecular flexibility index (Phi) is 42.6. The molecule has 0 bridgehead atoms. The lowest BCUT2D eigenvalue weighted by atomic mass is 10.0. The molecule has 0 heterocycles. The molecule has 0 radical (unpaired) electrons. The maximum atomic E-state index is 12.6. The molecule has 0 aliphatic rings. The zero-order chi connectivity index (χ0) is 40.3. The smallest absolute Gasteiger partial charge is 0.457 e. The molecule has 3 N–H and O–H groups in total. The Labute approximate surface area is 339 Å². The number of carbonyl (C=O) groups is 1. The summed E-state index contributed by atoms with van der Waals surface area (Å²) in [5, 5.41) is 18.4. The second-order valence-electron chi connectivity index (χ2n) is 16.1. The Balaban J connectivity index is 4.05. The minimum Gasteiger partial charge on any atom is -0.457 e. The third-order valence-corrected chi connectivity index (χ3v) is 11.5. The third kappa shape index (κ3) is 42.9. The van der Waals surface area contributed by atoms with Gasteiger partial charge in [-0.3, -0.25) is 13.8 Å². The van der Waals surface area contributed by atoms with Crippen molar-refractivity contribution in [2.45, 2.75) is 251 Å². The molecule has 1 unspecified atom stereocenters. The number of aliphatic hydroxyl groups is 2. The first kappa shape index (κ1) is 54.5. The molecule has 9 nitrogen and oxygen atoms in total. The summed E-state index contributed by atoms with van der Waals surface area (Å²) in [5.41, 5.74) is 0. The van der Waals surface area contributed by atoms with Crippen LogP contribution < -0.4 is 0 Å². The number of ether oxygens (including phenoxy) is 2. The molecule has 0 fully saturated rings. The third-order valence-electron chi connectivity index (χ3n) is 10.5. The van der Waals surface area contributed by atoms with Crippen molar-refractivity contribution in [1.82, 2.24) is 0 Å². The van der Waals surface area contributed by atoms with Gasteiger partial charge in [0, 0.05) is 13.0 Å². The summed E-state index contributed by atoms with van der Waals surface area (Å²) in [6, 6.07) is 0. The largest absolute Gasteiger partial charge is 0.472 e. The monoisotopic (exact) mass is 807 g/mol. The number of hydrogen-bond donors (Lipinski definition) is 3. The van der Waals surface area contributed by atoms with Crippen molar-refractivity contribution < 1.29 is 43.0 Å². The van der Waals surface area contributed by atoms with Crippen molar-refractivity contribution >= 4 is 13.8 Å². The van der Waals surface area contributed by atoms with E-state index in [9.17, 15) is 19.4 Å². The Morgan fingerprint density at radius 3 is 1.18 bits per heavy atom. The van der Waals surface area contributed by atoms with E-state index in [-0.39, 0.29) is 25.6 Å². The zero-order valence-corrected chi connectivity index (χ0v) is 37.1. The SMILES string of the molecule is CCCCCCCCCCCCCCCCCCCCCCC(=O)O[C@H](COCCCCCCCCCCCCCCCC)COP(=O)(O)OC[C@@H](O)CO. The average Bonchev–Trinajstić information content (AvgIpc) is 3.18. The highest BCUT2D eigenvalue weighted by Crippen LogP contribution is 2.43. The summed E-state index contributed by atoms with van der Waals surface area (Å²) >= 11 is 0. The number of phosphoric ester groups is 1. The van der Waals surface area contributed by atoms with Crippen LogP contribution in [0.1, 0.15) is 239 Å². The van der Waals surface area contributed by atoms with Crippen LogP contribution in [-0.2, 0) is 27.9 Å². The van der Waals surface area contributed by atoms with Crippen molar-refractivity contribution in [3.05, 3.63) is 0 Å². The van der Waals surface area contributed by atoms with E-state index < -0.39 is 33.2 Å². The van der Waals surface area contributed by atoms with Gasteiger partial charge in [0.15, 0.2) is 0 Å². The summed E-state index contributed by atoms with van der Waals surface area (Å²) in [6.45, 7) is 3.59. The topological polar surface area (TPSA) is 132 Å². The van der Waals surface area contributed by atoms with Gasteiger partial charge >= 0.3 is 13.8 Å². The quantitative estimate of drug-likeness (QED) is 0.0312. The van der Waals surface area contributed by atoms with Gasteiger partial charge in [0.05, 0.1) is 26.4 Å². The lowest BCUT2D eigenvalue weighted by Crippen LogP contribution is -2.29.